The molecule has 0 fully saturated rings. The van der Waals surface area contributed by atoms with Crippen molar-refractivity contribution in [3.63, 3.8) is 0 Å². The first-order chi connectivity index (χ1) is 12.0. The van der Waals surface area contributed by atoms with E-state index in [1.807, 2.05) is 43.3 Å². The lowest BCUT2D eigenvalue weighted by Gasteiger charge is -2.20. The van der Waals surface area contributed by atoms with Crippen LogP contribution >= 0.6 is 11.8 Å². The van der Waals surface area contributed by atoms with Gasteiger partial charge >= 0.3 is 0 Å². The Kier molecular flexibility index (Phi) is 6.94. The van der Waals surface area contributed by atoms with Crippen LogP contribution in [0.1, 0.15) is 54.7 Å². The second-order valence-corrected chi connectivity index (χ2v) is 7.94. The average Bonchev–Trinajstić information content (AvgIpc) is 2.59. The summed E-state index contributed by atoms with van der Waals surface area (Å²) in [6, 6.07) is 13.8. The number of benzene rings is 2. The van der Waals surface area contributed by atoms with Crippen LogP contribution in [0.3, 0.4) is 0 Å². The molecule has 0 saturated carbocycles. The lowest BCUT2D eigenvalue weighted by molar-refractivity contribution is 0.0932. The minimum Gasteiger partial charge on any atom is -0.496 e. The van der Waals surface area contributed by atoms with Crippen molar-refractivity contribution in [2.24, 2.45) is 0 Å². The number of ether oxygens (including phenoxy) is 1. The lowest BCUT2D eigenvalue weighted by Crippen LogP contribution is -2.28. The summed E-state index contributed by atoms with van der Waals surface area (Å²) in [5.74, 6) is 0.840. The summed E-state index contributed by atoms with van der Waals surface area (Å²) >= 11 is 1.71. The first-order valence-corrected chi connectivity index (χ1v) is 9.55. The van der Waals surface area contributed by atoms with E-state index in [0.717, 1.165) is 33.8 Å². The monoisotopic (exact) mass is 357 g/mol. The summed E-state index contributed by atoms with van der Waals surface area (Å²) in [5.41, 5.74) is 2.91. The number of carbonyl (C=O) groups is 1. The topological polar surface area (TPSA) is 38.3 Å². The molecule has 2 aromatic carbocycles. The third-order valence-corrected chi connectivity index (χ3v) is 5.11. The third kappa shape index (κ3) is 5.02. The number of carbonyl (C=O) groups excluding carboxylic acids is 1. The van der Waals surface area contributed by atoms with Gasteiger partial charge in [0.2, 0.25) is 0 Å². The highest BCUT2D eigenvalue weighted by molar-refractivity contribution is 8.00. The number of thioether (sulfide) groups is 1. The van der Waals surface area contributed by atoms with Gasteiger partial charge in [-0.3, -0.25) is 4.79 Å². The molecule has 0 unspecified atom stereocenters. The predicted octanol–water partition coefficient (Wildman–Crippen LogP) is 5.39. The van der Waals surface area contributed by atoms with E-state index in [1.54, 1.807) is 18.9 Å². The highest BCUT2D eigenvalue weighted by Crippen LogP contribution is 2.28. The fraction of sp³-hybridized carbons (Fsp3) is 0.381. The third-order valence-electron chi connectivity index (χ3n) is 4.03. The van der Waals surface area contributed by atoms with E-state index >= 15 is 0 Å². The zero-order valence-corrected chi connectivity index (χ0v) is 16.4. The van der Waals surface area contributed by atoms with Crippen LogP contribution in [-0.2, 0) is 0 Å². The van der Waals surface area contributed by atoms with Gasteiger partial charge in [-0.25, -0.2) is 0 Å². The number of hydrogen-bond acceptors (Lipinski definition) is 3. The number of nitrogens with one attached hydrogen (secondary N) is 1. The van der Waals surface area contributed by atoms with Crippen LogP contribution in [0.5, 0.6) is 5.75 Å². The first-order valence-electron chi connectivity index (χ1n) is 8.67. The van der Waals surface area contributed by atoms with E-state index in [1.165, 1.54) is 0 Å². The molecule has 134 valence electrons. The minimum atomic E-state index is -0.0240. The molecule has 0 aliphatic carbocycles. The summed E-state index contributed by atoms with van der Waals surface area (Å²) < 4.78 is 5.33. The van der Waals surface area contributed by atoms with Gasteiger partial charge in [0, 0.05) is 10.1 Å². The van der Waals surface area contributed by atoms with Gasteiger partial charge in [0.05, 0.1) is 18.7 Å². The SMILES string of the molecule is CC[C@H](NC(=O)c1ccccc1SC(C)C)c1ccc(OC)c(C)c1. The Bertz CT molecular complexity index is 728. The number of amides is 1. The van der Waals surface area contributed by atoms with Crippen molar-refractivity contribution >= 4 is 17.7 Å². The van der Waals surface area contributed by atoms with Gasteiger partial charge in [-0.1, -0.05) is 45.0 Å². The summed E-state index contributed by atoms with van der Waals surface area (Å²) in [5, 5.41) is 3.62. The summed E-state index contributed by atoms with van der Waals surface area (Å²) in [6.45, 7) is 8.37. The van der Waals surface area contributed by atoms with Crippen molar-refractivity contribution in [3.05, 3.63) is 59.2 Å². The van der Waals surface area contributed by atoms with E-state index < -0.39 is 0 Å². The molecular weight excluding hydrogens is 330 g/mol. The van der Waals surface area contributed by atoms with Gasteiger partial charge in [-0.05, 0) is 42.7 Å². The fourth-order valence-electron chi connectivity index (χ4n) is 2.79. The first kappa shape index (κ1) is 19.4. The molecule has 2 aromatic rings. The Morgan fingerprint density at radius 3 is 2.52 bits per heavy atom. The van der Waals surface area contributed by atoms with Gasteiger partial charge in [0.1, 0.15) is 5.75 Å². The number of aryl methyl sites for hydroxylation is 1. The predicted molar refractivity (Wildman–Crippen MR) is 106 cm³/mol. The maximum absolute atomic E-state index is 12.8. The normalized spacial score (nSPS) is 12.1. The zero-order chi connectivity index (χ0) is 18.4. The molecule has 0 radical (unpaired) electrons. The molecule has 0 aliphatic rings. The van der Waals surface area contributed by atoms with Crippen molar-refractivity contribution in [1.82, 2.24) is 5.32 Å². The van der Waals surface area contributed by atoms with Gasteiger partial charge in [0.15, 0.2) is 0 Å². The highest BCUT2D eigenvalue weighted by Gasteiger charge is 2.18. The van der Waals surface area contributed by atoms with Crippen LogP contribution in [0.2, 0.25) is 0 Å². The Balaban J connectivity index is 2.22. The number of rotatable bonds is 7. The molecule has 4 heteroatoms. The van der Waals surface area contributed by atoms with Crippen molar-refractivity contribution in [3.8, 4) is 5.75 Å². The standard InChI is InChI=1S/C21H27NO2S/c1-6-18(16-11-12-19(24-5)15(4)13-16)22-21(23)17-9-7-8-10-20(17)25-14(2)3/h7-14,18H,6H2,1-5H3,(H,22,23)/t18-/m0/s1. The van der Waals surface area contributed by atoms with E-state index in [9.17, 15) is 4.79 Å². The molecule has 0 saturated heterocycles. The van der Waals surface area contributed by atoms with Crippen LogP contribution in [0.4, 0.5) is 0 Å². The zero-order valence-electron chi connectivity index (χ0n) is 15.6. The molecule has 0 heterocycles. The second kappa shape index (κ2) is 8.95. The van der Waals surface area contributed by atoms with Crippen molar-refractivity contribution < 1.29 is 9.53 Å². The fourth-order valence-corrected chi connectivity index (χ4v) is 3.74. The maximum atomic E-state index is 12.8. The van der Waals surface area contributed by atoms with Crippen LogP contribution < -0.4 is 10.1 Å². The van der Waals surface area contributed by atoms with Gasteiger partial charge in [0.25, 0.3) is 5.91 Å². The van der Waals surface area contributed by atoms with Crippen LogP contribution in [0.15, 0.2) is 47.4 Å². The molecule has 25 heavy (non-hydrogen) atoms. The van der Waals surface area contributed by atoms with Gasteiger partial charge in [-0.2, -0.15) is 0 Å². The Morgan fingerprint density at radius 1 is 1.20 bits per heavy atom. The molecular formula is C21H27NO2S. The minimum absolute atomic E-state index is 0.0192. The maximum Gasteiger partial charge on any atom is 0.252 e. The summed E-state index contributed by atoms with van der Waals surface area (Å²) in [6.07, 6.45) is 0.830. The molecule has 0 aliphatic heterocycles. The number of hydrogen-bond donors (Lipinski definition) is 1. The van der Waals surface area contributed by atoms with Crippen molar-refractivity contribution in [2.75, 3.05) is 7.11 Å². The van der Waals surface area contributed by atoms with Gasteiger partial charge in [-0.15, -0.1) is 11.8 Å². The molecule has 0 bridgehead atoms. The second-order valence-electron chi connectivity index (χ2n) is 6.33. The Hall–Kier alpha value is -1.94. The molecule has 1 atom stereocenters. The number of methoxy groups -OCH3 is 1. The lowest BCUT2D eigenvalue weighted by atomic mass is 10.0. The van der Waals surface area contributed by atoms with E-state index in [4.69, 9.17) is 4.74 Å². The summed E-state index contributed by atoms with van der Waals surface area (Å²) in [7, 11) is 1.67. The molecule has 2 rings (SSSR count). The van der Waals surface area contributed by atoms with Crippen LogP contribution in [0.25, 0.3) is 0 Å². The quantitative estimate of drug-likeness (QED) is 0.676. The Morgan fingerprint density at radius 2 is 1.92 bits per heavy atom. The summed E-state index contributed by atoms with van der Waals surface area (Å²) in [4.78, 5) is 13.9. The Labute approximate surface area is 155 Å². The smallest absolute Gasteiger partial charge is 0.252 e. The van der Waals surface area contributed by atoms with Gasteiger partial charge < -0.3 is 10.1 Å². The molecule has 0 spiro atoms. The molecule has 1 amide bonds. The molecule has 1 N–H and O–H groups in total. The van der Waals surface area contributed by atoms with E-state index in [0.29, 0.717) is 5.25 Å². The van der Waals surface area contributed by atoms with Crippen LogP contribution in [0, 0.1) is 6.92 Å². The van der Waals surface area contributed by atoms with Crippen LogP contribution in [-0.4, -0.2) is 18.3 Å². The van der Waals surface area contributed by atoms with E-state index in [-0.39, 0.29) is 11.9 Å². The molecule has 3 nitrogen and oxygen atoms in total. The van der Waals surface area contributed by atoms with Crippen molar-refractivity contribution in [2.45, 2.75) is 50.3 Å². The van der Waals surface area contributed by atoms with Crippen molar-refractivity contribution in [1.29, 1.82) is 0 Å². The highest BCUT2D eigenvalue weighted by atomic mass is 32.2. The van der Waals surface area contributed by atoms with E-state index in [2.05, 4.69) is 32.2 Å². The molecule has 0 aromatic heterocycles. The average molecular weight is 358 g/mol. The largest absolute Gasteiger partial charge is 0.496 e.